The minimum Gasteiger partial charge on any atom is -0.383 e. The van der Waals surface area contributed by atoms with Gasteiger partial charge in [0.05, 0.1) is 6.61 Å². The van der Waals surface area contributed by atoms with Crippen molar-refractivity contribution in [2.45, 2.75) is 13.8 Å². The van der Waals surface area contributed by atoms with Gasteiger partial charge in [-0.3, -0.25) is 4.79 Å². The topological polar surface area (TPSA) is 29.5 Å². The molecule has 4 heteroatoms. The van der Waals surface area contributed by atoms with Gasteiger partial charge in [-0.05, 0) is 24.1 Å². The summed E-state index contributed by atoms with van der Waals surface area (Å²) in [6.45, 7) is 6.68. The van der Waals surface area contributed by atoms with E-state index in [0.29, 0.717) is 18.1 Å². The third kappa shape index (κ3) is 4.42. The largest absolute Gasteiger partial charge is 0.383 e. The van der Waals surface area contributed by atoms with Crippen LogP contribution in [0, 0.1) is 5.92 Å². The lowest BCUT2D eigenvalue weighted by Crippen LogP contribution is -2.31. The molecule has 0 aromatic heterocycles. The maximum atomic E-state index is 11.2. The van der Waals surface area contributed by atoms with Crippen LogP contribution in [-0.2, 0) is 4.74 Å². The first-order valence-electron chi connectivity index (χ1n) is 6.07. The molecule has 0 amide bonds. The molecule has 0 aliphatic heterocycles. The maximum Gasteiger partial charge on any atom is 0.152 e. The fourth-order valence-electron chi connectivity index (χ4n) is 1.86. The first-order valence-corrected chi connectivity index (χ1v) is 6.86. The number of carbonyl (C=O) groups is 1. The van der Waals surface area contributed by atoms with Gasteiger partial charge in [-0.2, -0.15) is 0 Å². The first kappa shape index (κ1) is 15.2. The molecular formula is C14H20BrNO2. The lowest BCUT2D eigenvalue weighted by atomic mass is 10.1. The number of nitrogens with zero attached hydrogens (tertiary/aromatic N) is 1. The first-order chi connectivity index (χ1) is 8.58. The Bertz CT molecular complexity index is 393. The lowest BCUT2D eigenvalue weighted by molar-refractivity contribution is 0.112. The Kier molecular flexibility index (Phi) is 6.36. The van der Waals surface area contributed by atoms with Gasteiger partial charge < -0.3 is 9.64 Å². The van der Waals surface area contributed by atoms with Gasteiger partial charge in [0.25, 0.3) is 0 Å². The Hall–Kier alpha value is -0.870. The highest BCUT2D eigenvalue weighted by Crippen LogP contribution is 2.24. The van der Waals surface area contributed by atoms with E-state index in [-0.39, 0.29) is 0 Å². The molecule has 0 radical (unpaired) electrons. The molecule has 0 heterocycles. The molecule has 18 heavy (non-hydrogen) atoms. The molecule has 1 aromatic carbocycles. The van der Waals surface area contributed by atoms with Crippen LogP contribution in [0.25, 0.3) is 0 Å². The number of benzene rings is 1. The molecule has 0 aliphatic rings. The van der Waals surface area contributed by atoms with Gasteiger partial charge >= 0.3 is 0 Å². The van der Waals surface area contributed by atoms with Crippen molar-refractivity contribution in [2.75, 3.05) is 31.7 Å². The van der Waals surface area contributed by atoms with E-state index in [9.17, 15) is 4.79 Å². The quantitative estimate of drug-likeness (QED) is 0.723. The Balaban J connectivity index is 2.99. The monoisotopic (exact) mass is 313 g/mol. The van der Waals surface area contributed by atoms with Crippen LogP contribution < -0.4 is 4.90 Å². The summed E-state index contributed by atoms with van der Waals surface area (Å²) >= 11 is 3.39. The zero-order chi connectivity index (χ0) is 13.5. The van der Waals surface area contributed by atoms with Gasteiger partial charge in [0.15, 0.2) is 6.29 Å². The van der Waals surface area contributed by atoms with Crippen molar-refractivity contribution < 1.29 is 9.53 Å². The number of halogens is 1. The highest BCUT2D eigenvalue weighted by Gasteiger charge is 2.12. The highest BCUT2D eigenvalue weighted by atomic mass is 79.9. The SMILES string of the molecule is COCCN(CC(C)C)c1ccc(Br)cc1C=O. The van der Waals surface area contributed by atoms with E-state index in [2.05, 4.69) is 34.7 Å². The van der Waals surface area contributed by atoms with E-state index in [1.54, 1.807) is 7.11 Å². The standard InChI is InChI=1S/C14H20BrNO2/c1-11(2)9-16(6-7-18-3)14-5-4-13(15)8-12(14)10-17/h4-5,8,10-11H,6-7,9H2,1-3H3. The summed E-state index contributed by atoms with van der Waals surface area (Å²) in [6, 6.07) is 5.79. The Morgan fingerprint density at radius 1 is 1.44 bits per heavy atom. The van der Waals surface area contributed by atoms with E-state index in [1.807, 2.05) is 18.2 Å². The number of aldehydes is 1. The van der Waals surface area contributed by atoms with Crippen molar-refractivity contribution in [3.8, 4) is 0 Å². The molecule has 100 valence electrons. The van der Waals surface area contributed by atoms with E-state index < -0.39 is 0 Å². The van der Waals surface area contributed by atoms with Gasteiger partial charge in [0.1, 0.15) is 0 Å². The average molecular weight is 314 g/mol. The number of hydrogen-bond donors (Lipinski definition) is 0. The second-order valence-corrected chi connectivity index (χ2v) is 5.57. The number of methoxy groups -OCH3 is 1. The predicted molar refractivity (Wildman–Crippen MR) is 78.5 cm³/mol. The normalized spacial score (nSPS) is 10.7. The smallest absolute Gasteiger partial charge is 0.152 e. The van der Waals surface area contributed by atoms with Crippen LogP contribution >= 0.6 is 15.9 Å². The van der Waals surface area contributed by atoms with Gasteiger partial charge in [-0.1, -0.05) is 29.8 Å². The Morgan fingerprint density at radius 2 is 2.17 bits per heavy atom. The van der Waals surface area contributed by atoms with Crippen LogP contribution in [0.3, 0.4) is 0 Å². The van der Waals surface area contributed by atoms with Crippen LogP contribution in [0.4, 0.5) is 5.69 Å². The van der Waals surface area contributed by atoms with E-state index in [1.165, 1.54) is 0 Å². The molecule has 3 nitrogen and oxygen atoms in total. The minimum atomic E-state index is 0.532. The third-order valence-corrected chi connectivity index (χ3v) is 3.10. The Morgan fingerprint density at radius 3 is 2.72 bits per heavy atom. The second kappa shape index (κ2) is 7.54. The molecule has 0 atom stereocenters. The summed E-state index contributed by atoms with van der Waals surface area (Å²) < 4.78 is 6.05. The summed E-state index contributed by atoms with van der Waals surface area (Å²) in [4.78, 5) is 13.4. The number of carbonyl (C=O) groups excluding carboxylic acids is 1. The van der Waals surface area contributed by atoms with E-state index in [0.717, 1.165) is 29.5 Å². The van der Waals surface area contributed by atoms with Crippen molar-refractivity contribution in [1.29, 1.82) is 0 Å². The zero-order valence-corrected chi connectivity index (χ0v) is 12.7. The van der Waals surface area contributed by atoms with Crippen molar-refractivity contribution >= 4 is 27.9 Å². The van der Waals surface area contributed by atoms with E-state index >= 15 is 0 Å². The van der Waals surface area contributed by atoms with Crippen LogP contribution in [0.1, 0.15) is 24.2 Å². The van der Waals surface area contributed by atoms with Crippen molar-refractivity contribution in [2.24, 2.45) is 5.92 Å². The molecular weight excluding hydrogens is 294 g/mol. The number of ether oxygens (including phenoxy) is 1. The lowest BCUT2D eigenvalue weighted by Gasteiger charge is -2.27. The second-order valence-electron chi connectivity index (χ2n) is 4.65. The number of anilines is 1. The molecule has 0 saturated heterocycles. The Labute approximate surface area is 117 Å². The van der Waals surface area contributed by atoms with Gasteiger partial charge in [-0.15, -0.1) is 0 Å². The fourth-order valence-corrected chi connectivity index (χ4v) is 2.24. The summed E-state index contributed by atoms with van der Waals surface area (Å²) in [5.41, 5.74) is 1.68. The number of hydrogen-bond acceptors (Lipinski definition) is 3. The molecule has 1 rings (SSSR count). The minimum absolute atomic E-state index is 0.532. The van der Waals surface area contributed by atoms with Crippen LogP contribution in [-0.4, -0.2) is 33.1 Å². The zero-order valence-electron chi connectivity index (χ0n) is 11.1. The average Bonchev–Trinajstić information content (AvgIpc) is 2.34. The molecule has 0 N–H and O–H groups in total. The molecule has 0 unspecified atom stereocenters. The number of rotatable bonds is 7. The van der Waals surface area contributed by atoms with Crippen molar-refractivity contribution in [3.05, 3.63) is 28.2 Å². The van der Waals surface area contributed by atoms with E-state index in [4.69, 9.17) is 4.74 Å². The van der Waals surface area contributed by atoms with Gasteiger partial charge in [0.2, 0.25) is 0 Å². The van der Waals surface area contributed by atoms with Gasteiger partial charge in [0, 0.05) is 35.9 Å². The van der Waals surface area contributed by atoms with Gasteiger partial charge in [-0.25, -0.2) is 0 Å². The third-order valence-electron chi connectivity index (χ3n) is 2.61. The molecule has 1 aromatic rings. The van der Waals surface area contributed by atoms with Crippen LogP contribution in [0.15, 0.2) is 22.7 Å². The summed E-state index contributed by atoms with van der Waals surface area (Å²) in [5.74, 6) is 0.532. The fraction of sp³-hybridized carbons (Fsp3) is 0.500. The predicted octanol–water partition coefficient (Wildman–Crippen LogP) is 3.37. The highest BCUT2D eigenvalue weighted by molar-refractivity contribution is 9.10. The van der Waals surface area contributed by atoms with Crippen molar-refractivity contribution in [3.63, 3.8) is 0 Å². The molecule has 0 bridgehead atoms. The van der Waals surface area contributed by atoms with Crippen molar-refractivity contribution in [1.82, 2.24) is 0 Å². The van der Waals surface area contributed by atoms with Crippen LogP contribution in [0.2, 0.25) is 0 Å². The summed E-state index contributed by atoms with van der Waals surface area (Å²) in [6.07, 6.45) is 0.903. The maximum absolute atomic E-state index is 11.2. The molecule has 0 saturated carbocycles. The molecule has 0 spiro atoms. The molecule has 0 aliphatic carbocycles. The summed E-state index contributed by atoms with van der Waals surface area (Å²) in [5, 5.41) is 0. The van der Waals surface area contributed by atoms with Crippen LogP contribution in [0.5, 0.6) is 0 Å². The summed E-state index contributed by atoms with van der Waals surface area (Å²) in [7, 11) is 1.69. The molecule has 0 fully saturated rings.